The van der Waals surface area contributed by atoms with E-state index in [1.54, 1.807) is 0 Å². The molecule has 0 radical (unpaired) electrons. The van der Waals surface area contributed by atoms with Crippen molar-refractivity contribution >= 4 is 12.4 Å². The van der Waals surface area contributed by atoms with Crippen LogP contribution in [0.1, 0.15) is 84.5 Å². The zero-order chi connectivity index (χ0) is 23.5. The van der Waals surface area contributed by atoms with E-state index in [0.29, 0.717) is 29.3 Å². The molecular weight excluding hydrogens is 460 g/mol. The number of nitrogens with zero attached hydrogens (tertiary/aromatic N) is 2. The molecule has 2 heterocycles. The standard InChI is InChI=1S/C29H50N2O3.ClH/c1-28-10-9-22-21(23(28)18-24(27(28)33)30-11-5-3-4-6-12-30)8-7-20-17-26(32)25(19-29(20,22)2)31-13-15-34-16-14-31;/h20-27,32-33H,3-19H2,1-2H3;1H/t20-,21+,22-,23-,24-,25-,26-,27-,28-,29-;/m0./s1. The van der Waals surface area contributed by atoms with E-state index in [1.807, 2.05) is 0 Å². The maximum atomic E-state index is 11.7. The SMILES string of the molecule is C[C@]12C[C@H](N3CCOCC3)[C@@H](O)C[C@@H]1CC[C@@H]1[C@@H]2CC[C@]2(C)[C@@H](O)[C@@H](N3CCCCCC3)C[C@@H]12.Cl. The molecule has 6 fully saturated rings. The van der Waals surface area contributed by atoms with Gasteiger partial charge in [0.2, 0.25) is 0 Å². The summed E-state index contributed by atoms with van der Waals surface area (Å²) in [6.45, 7) is 11.0. The molecule has 0 spiro atoms. The van der Waals surface area contributed by atoms with Crippen molar-refractivity contribution in [1.29, 1.82) is 0 Å². The molecule has 6 rings (SSSR count). The first-order valence-corrected chi connectivity index (χ1v) is 14.8. The van der Waals surface area contributed by atoms with Crippen molar-refractivity contribution in [3.05, 3.63) is 0 Å². The maximum absolute atomic E-state index is 11.7. The van der Waals surface area contributed by atoms with E-state index in [1.165, 1.54) is 70.9 Å². The maximum Gasteiger partial charge on any atom is 0.0751 e. The third-order valence-electron chi connectivity index (χ3n) is 12.3. The van der Waals surface area contributed by atoms with Gasteiger partial charge in [0, 0.05) is 25.2 Å². The molecule has 0 aromatic rings. The third-order valence-corrected chi connectivity index (χ3v) is 12.3. The molecule has 0 bridgehead atoms. The minimum atomic E-state index is -0.178. The lowest BCUT2D eigenvalue weighted by atomic mass is 9.44. The Bertz CT molecular complexity index is 727. The largest absolute Gasteiger partial charge is 0.391 e. The van der Waals surface area contributed by atoms with Crippen LogP contribution in [0.4, 0.5) is 0 Å². The Morgan fingerprint density at radius 3 is 2.14 bits per heavy atom. The van der Waals surface area contributed by atoms with E-state index in [2.05, 4.69) is 23.6 Å². The predicted octanol–water partition coefficient (Wildman–Crippen LogP) is 4.34. The smallest absolute Gasteiger partial charge is 0.0751 e. The summed E-state index contributed by atoms with van der Waals surface area (Å²) >= 11 is 0. The van der Waals surface area contributed by atoms with Gasteiger partial charge < -0.3 is 14.9 Å². The lowest BCUT2D eigenvalue weighted by molar-refractivity contribution is -0.158. The minimum absolute atomic E-state index is 0. The van der Waals surface area contributed by atoms with Gasteiger partial charge in [0.05, 0.1) is 25.4 Å². The molecule has 0 unspecified atom stereocenters. The van der Waals surface area contributed by atoms with Crippen LogP contribution >= 0.6 is 12.4 Å². The van der Waals surface area contributed by atoms with Crippen LogP contribution in [0.15, 0.2) is 0 Å². The fourth-order valence-corrected chi connectivity index (χ4v) is 10.3. The average molecular weight is 511 g/mol. The molecule has 2 saturated heterocycles. The highest BCUT2D eigenvalue weighted by molar-refractivity contribution is 5.85. The van der Waals surface area contributed by atoms with Gasteiger partial charge in [0.1, 0.15) is 0 Å². The van der Waals surface area contributed by atoms with Gasteiger partial charge in [-0.15, -0.1) is 12.4 Å². The van der Waals surface area contributed by atoms with Crippen LogP contribution in [0.2, 0.25) is 0 Å². The molecule has 5 nitrogen and oxygen atoms in total. The molecule has 2 aliphatic heterocycles. The lowest BCUT2D eigenvalue weighted by Crippen LogP contribution is -2.61. The summed E-state index contributed by atoms with van der Waals surface area (Å²) < 4.78 is 5.63. The molecule has 35 heavy (non-hydrogen) atoms. The first-order valence-electron chi connectivity index (χ1n) is 14.8. The molecule has 4 aliphatic carbocycles. The van der Waals surface area contributed by atoms with Gasteiger partial charge in [-0.1, -0.05) is 26.7 Å². The van der Waals surface area contributed by atoms with E-state index in [-0.39, 0.29) is 30.0 Å². The van der Waals surface area contributed by atoms with Crippen LogP contribution in [-0.4, -0.2) is 83.7 Å². The fourth-order valence-electron chi connectivity index (χ4n) is 10.3. The second-order valence-corrected chi connectivity index (χ2v) is 13.6. The molecule has 0 aromatic carbocycles. The highest BCUT2D eigenvalue weighted by Gasteiger charge is 2.63. The number of hydrogen-bond donors (Lipinski definition) is 2. The van der Waals surface area contributed by atoms with Crippen molar-refractivity contribution in [3.63, 3.8) is 0 Å². The Hall–Kier alpha value is 0.0900. The van der Waals surface area contributed by atoms with E-state index in [0.717, 1.165) is 51.0 Å². The summed E-state index contributed by atoms with van der Waals surface area (Å²) in [7, 11) is 0. The first-order chi connectivity index (χ1) is 16.4. The van der Waals surface area contributed by atoms with Crippen LogP contribution in [0.3, 0.4) is 0 Å². The van der Waals surface area contributed by atoms with Gasteiger partial charge in [-0.05, 0) is 105 Å². The number of aliphatic hydroxyl groups excluding tert-OH is 2. The number of aliphatic hydroxyl groups is 2. The number of likely N-dealkylation sites (tertiary alicyclic amines) is 1. The Kier molecular flexibility index (Phi) is 7.88. The summed E-state index contributed by atoms with van der Waals surface area (Å²) in [5, 5.41) is 22.9. The molecule has 202 valence electrons. The Labute approximate surface area is 219 Å². The monoisotopic (exact) mass is 510 g/mol. The highest BCUT2D eigenvalue weighted by Crippen LogP contribution is 2.66. The molecule has 0 aromatic heterocycles. The van der Waals surface area contributed by atoms with Crippen molar-refractivity contribution in [1.82, 2.24) is 9.80 Å². The topological polar surface area (TPSA) is 56.2 Å². The van der Waals surface area contributed by atoms with Crippen molar-refractivity contribution in [2.75, 3.05) is 39.4 Å². The summed E-state index contributed by atoms with van der Waals surface area (Å²) in [5.41, 5.74) is 0.428. The van der Waals surface area contributed by atoms with Gasteiger partial charge in [0.25, 0.3) is 0 Å². The van der Waals surface area contributed by atoms with Gasteiger partial charge in [-0.3, -0.25) is 9.80 Å². The number of morpholine rings is 1. The summed E-state index contributed by atoms with van der Waals surface area (Å²) in [5.74, 6) is 2.85. The second kappa shape index (κ2) is 10.3. The number of rotatable bonds is 2. The van der Waals surface area contributed by atoms with Gasteiger partial charge >= 0.3 is 0 Å². The van der Waals surface area contributed by atoms with Crippen LogP contribution in [0.25, 0.3) is 0 Å². The van der Waals surface area contributed by atoms with E-state index in [4.69, 9.17) is 4.74 Å². The molecule has 4 saturated carbocycles. The highest BCUT2D eigenvalue weighted by atomic mass is 35.5. The molecular formula is C29H51ClN2O3. The van der Waals surface area contributed by atoms with Crippen molar-refractivity contribution in [2.24, 2.45) is 34.5 Å². The second-order valence-electron chi connectivity index (χ2n) is 13.6. The fraction of sp³-hybridized carbons (Fsp3) is 1.00. The van der Waals surface area contributed by atoms with E-state index >= 15 is 0 Å². The van der Waals surface area contributed by atoms with Gasteiger partial charge in [-0.2, -0.15) is 0 Å². The van der Waals surface area contributed by atoms with Crippen molar-refractivity contribution in [3.8, 4) is 0 Å². The van der Waals surface area contributed by atoms with Crippen molar-refractivity contribution in [2.45, 2.75) is 109 Å². The van der Waals surface area contributed by atoms with Crippen LogP contribution in [-0.2, 0) is 4.74 Å². The summed E-state index contributed by atoms with van der Waals surface area (Å²) in [4.78, 5) is 5.23. The molecule has 10 atom stereocenters. The normalized spacial score (nSPS) is 51.4. The van der Waals surface area contributed by atoms with Crippen LogP contribution in [0.5, 0.6) is 0 Å². The number of ether oxygens (including phenoxy) is 1. The third kappa shape index (κ3) is 4.42. The Morgan fingerprint density at radius 2 is 1.43 bits per heavy atom. The Balaban J connectivity index is 0.00000253. The predicted molar refractivity (Wildman–Crippen MR) is 142 cm³/mol. The first kappa shape index (κ1) is 26.7. The molecule has 6 heteroatoms. The quantitative estimate of drug-likeness (QED) is 0.578. The molecule has 6 aliphatic rings. The number of halogens is 1. The van der Waals surface area contributed by atoms with Gasteiger partial charge in [-0.25, -0.2) is 0 Å². The Morgan fingerprint density at radius 1 is 0.743 bits per heavy atom. The number of hydrogen-bond acceptors (Lipinski definition) is 5. The zero-order valence-electron chi connectivity index (χ0n) is 22.2. The van der Waals surface area contributed by atoms with Gasteiger partial charge in [0.15, 0.2) is 0 Å². The minimum Gasteiger partial charge on any atom is -0.391 e. The van der Waals surface area contributed by atoms with Crippen molar-refractivity contribution < 1.29 is 14.9 Å². The zero-order valence-corrected chi connectivity index (χ0v) is 23.1. The molecule has 2 N–H and O–H groups in total. The average Bonchev–Trinajstić information content (AvgIpc) is 3.00. The molecule has 0 amide bonds. The van der Waals surface area contributed by atoms with Crippen LogP contribution in [0, 0.1) is 34.5 Å². The summed E-state index contributed by atoms with van der Waals surface area (Å²) in [6, 6.07) is 0.683. The van der Waals surface area contributed by atoms with Crippen LogP contribution < -0.4 is 0 Å². The van der Waals surface area contributed by atoms with E-state index in [9.17, 15) is 10.2 Å². The lowest BCUT2D eigenvalue weighted by Gasteiger charge is -2.62. The number of fused-ring (bicyclic) bond motifs is 5. The summed E-state index contributed by atoms with van der Waals surface area (Å²) in [6.07, 6.45) is 13.4. The van der Waals surface area contributed by atoms with E-state index < -0.39 is 0 Å².